The summed E-state index contributed by atoms with van der Waals surface area (Å²) in [5.74, 6) is -1.29. The third-order valence-corrected chi connectivity index (χ3v) is 2.00. The van der Waals surface area contributed by atoms with Gasteiger partial charge in [0.2, 0.25) is 0 Å². The van der Waals surface area contributed by atoms with Gasteiger partial charge in [0.1, 0.15) is 6.42 Å². The number of carboxylic acids is 1. The fourth-order valence-electron chi connectivity index (χ4n) is 1.04. The Bertz CT molecular complexity index is 183. The molecule has 68 valence electrons. The SMILES string of the molecule is O=C(O)CC(=O)OCC1CCC1. The van der Waals surface area contributed by atoms with Crippen LogP contribution >= 0.6 is 0 Å². The van der Waals surface area contributed by atoms with E-state index in [1.165, 1.54) is 6.42 Å². The zero-order valence-corrected chi connectivity index (χ0v) is 6.78. The number of carbonyl (C=O) groups is 2. The van der Waals surface area contributed by atoms with Crippen LogP contribution in [-0.2, 0) is 14.3 Å². The Kier molecular flexibility index (Phi) is 3.08. The van der Waals surface area contributed by atoms with Gasteiger partial charge in [-0.15, -0.1) is 0 Å². The summed E-state index contributed by atoms with van der Waals surface area (Å²) in [4.78, 5) is 20.7. The predicted molar refractivity (Wildman–Crippen MR) is 40.6 cm³/mol. The highest BCUT2D eigenvalue weighted by molar-refractivity contribution is 5.90. The van der Waals surface area contributed by atoms with Gasteiger partial charge < -0.3 is 9.84 Å². The van der Waals surface area contributed by atoms with Crippen LogP contribution in [0.5, 0.6) is 0 Å². The smallest absolute Gasteiger partial charge is 0.317 e. The first-order valence-electron chi connectivity index (χ1n) is 4.06. The maximum atomic E-state index is 10.7. The first kappa shape index (κ1) is 9.03. The van der Waals surface area contributed by atoms with Crippen LogP contribution in [0.15, 0.2) is 0 Å². The number of ether oxygens (including phenoxy) is 1. The molecule has 0 heterocycles. The summed E-state index contributed by atoms with van der Waals surface area (Å²) in [6.45, 7) is 0.395. The van der Waals surface area contributed by atoms with Crippen molar-refractivity contribution in [2.45, 2.75) is 25.7 Å². The molecule has 0 aromatic rings. The molecule has 0 amide bonds. The molecule has 0 bridgehead atoms. The van der Waals surface area contributed by atoms with Crippen LogP contribution in [0, 0.1) is 5.92 Å². The molecular weight excluding hydrogens is 160 g/mol. The Labute approximate surface area is 70.5 Å². The van der Waals surface area contributed by atoms with Crippen molar-refractivity contribution in [1.82, 2.24) is 0 Å². The average Bonchev–Trinajstić information content (AvgIpc) is 1.81. The minimum atomic E-state index is -1.13. The van der Waals surface area contributed by atoms with Crippen LogP contribution in [0.25, 0.3) is 0 Å². The number of hydrogen-bond donors (Lipinski definition) is 1. The normalized spacial score (nSPS) is 16.7. The van der Waals surface area contributed by atoms with E-state index in [1.54, 1.807) is 0 Å². The highest BCUT2D eigenvalue weighted by Crippen LogP contribution is 2.26. The van der Waals surface area contributed by atoms with Gasteiger partial charge in [0.05, 0.1) is 6.61 Å². The molecule has 0 unspecified atom stereocenters. The van der Waals surface area contributed by atoms with Crippen molar-refractivity contribution in [3.8, 4) is 0 Å². The standard InChI is InChI=1S/C8H12O4/c9-7(10)4-8(11)12-5-6-2-1-3-6/h6H,1-5H2,(H,9,10). The molecule has 12 heavy (non-hydrogen) atoms. The Morgan fingerprint density at radius 3 is 2.50 bits per heavy atom. The Morgan fingerprint density at radius 1 is 1.42 bits per heavy atom. The van der Waals surface area contributed by atoms with E-state index in [0.29, 0.717) is 12.5 Å². The number of esters is 1. The van der Waals surface area contributed by atoms with Crippen molar-refractivity contribution >= 4 is 11.9 Å². The molecule has 0 radical (unpaired) electrons. The Balaban J connectivity index is 2.05. The van der Waals surface area contributed by atoms with E-state index in [9.17, 15) is 9.59 Å². The van der Waals surface area contributed by atoms with Gasteiger partial charge in [-0.3, -0.25) is 9.59 Å². The average molecular weight is 172 g/mol. The quantitative estimate of drug-likeness (QED) is 0.503. The zero-order chi connectivity index (χ0) is 8.97. The minimum absolute atomic E-state index is 0.395. The van der Waals surface area contributed by atoms with Crippen molar-refractivity contribution in [1.29, 1.82) is 0 Å². The van der Waals surface area contributed by atoms with Gasteiger partial charge in [-0.2, -0.15) is 0 Å². The van der Waals surface area contributed by atoms with Gasteiger partial charge in [0.15, 0.2) is 0 Å². The number of carboxylic acid groups (broad SMARTS) is 1. The van der Waals surface area contributed by atoms with Gasteiger partial charge in [0, 0.05) is 0 Å². The molecule has 1 fully saturated rings. The van der Waals surface area contributed by atoms with Crippen molar-refractivity contribution in [2.24, 2.45) is 5.92 Å². The summed E-state index contributed by atoms with van der Waals surface area (Å²) in [7, 11) is 0. The molecule has 1 rings (SSSR count). The number of hydrogen-bond acceptors (Lipinski definition) is 3. The van der Waals surface area contributed by atoms with Crippen LogP contribution in [-0.4, -0.2) is 23.7 Å². The second-order valence-electron chi connectivity index (χ2n) is 3.05. The van der Waals surface area contributed by atoms with Crippen molar-refractivity contribution in [3.05, 3.63) is 0 Å². The van der Waals surface area contributed by atoms with Gasteiger partial charge in [-0.1, -0.05) is 6.42 Å². The van der Waals surface area contributed by atoms with Gasteiger partial charge in [-0.25, -0.2) is 0 Å². The molecule has 0 spiro atoms. The molecule has 0 saturated heterocycles. The topological polar surface area (TPSA) is 63.6 Å². The maximum absolute atomic E-state index is 10.7. The number of rotatable bonds is 4. The molecule has 0 atom stereocenters. The lowest BCUT2D eigenvalue weighted by atomic mass is 9.86. The number of aliphatic carboxylic acids is 1. The van der Waals surface area contributed by atoms with Crippen LogP contribution in [0.2, 0.25) is 0 Å². The predicted octanol–water partition coefficient (Wildman–Crippen LogP) is 0.804. The van der Waals surface area contributed by atoms with E-state index in [0.717, 1.165) is 12.8 Å². The second-order valence-corrected chi connectivity index (χ2v) is 3.05. The molecule has 1 aliphatic rings. The lowest BCUT2D eigenvalue weighted by Crippen LogP contribution is -2.21. The van der Waals surface area contributed by atoms with Gasteiger partial charge in [0.25, 0.3) is 0 Å². The zero-order valence-electron chi connectivity index (χ0n) is 6.78. The summed E-state index contributed by atoms with van der Waals surface area (Å²) < 4.78 is 4.74. The van der Waals surface area contributed by atoms with E-state index >= 15 is 0 Å². The second kappa shape index (κ2) is 4.09. The summed E-state index contributed by atoms with van der Waals surface area (Å²) >= 11 is 0. The summed E-state index contributed by atoms with van der Waals surface area (Å²) in [6.07, 6.45) is 2.87. The minimum Gasteiger partial charge on any atom is -0.481 e. The summed E-state index contributed by atoms with van der Waals surface area (Å²) in [5.41, 5.74) is 0. The van der Waals surface area contributed by atoms with Crippen molar-refractivity contribution in [3.63, 3.8) is 0 Å². The maximum Gasteiger partial charge on any atom is 0.317 e. The molecule has 4 nitrogen and oxygen atoms in total. The van der Waals surface area contributed by atoms with Crippen LogP contribution < -0.4 is 0 Å². The highest BCUT2D eigenvalue weighted by Gasteiger charge is 2.19. The first-order valence-corrected chi connectivity index (χ1v) is 4.06. The van der Waals surface area contributed by atoms with Crippen LogP contribution in [0.1, 0.15) is 25.7 Å². The summed E-state index contributed by atoms with van der Waals surface area (Å²) in [5, 5.41) is 8.22. The Hall–Kier alpha value is -1.06. The summed E-state index contributed by atoms with van der Waals surface area (Å²) in [6, 6.07) is 0. The van der Waals surface area contributed by atoms with Crippen molar-refractivity contribution in [2.75, 3.05) is 6.61 Å². The van der Waals surface area contributed by atoms with Gasteiger partial charge >= 0.3 is 11.9 Å². The van der Waals surface area contributed by atoms with Crippen LogP contribution in [0.4, 0.5) is 0 Å². The molecule has 1 N–H and O–H groups in total. The first-order chi connectivity index (χ1) is 5.68. The largest absolute Gasteiger partial charge is 0.481 e. The van der Waals surface area contributed by atoms with Gasteiger partial charge in [-0.05, 0) is 18.8 Å². The molecule has 0 aromatic heterocycles. The Morgan fingerprint density at radius 2 is 2.08 bits per heavy atom. The molecule has 0 aliphatic heterocycles. The van der Waals surface area contributed by atoms with Crippen molar-refractivity contribution < 1.29 is 19.4 Å². The van der Waals surface area contributed by atoms with Crippen LogP contribution in [0.3, 0.4) is 0 Å². The fourth-order valence-corrected chi connectivity index (χ4v) is 1.04. The lowest BCUT2D eigenvalue weighted by Gasteiger charge is -2.24. The van der Waals surface area contributed by atoms with E-state index in [2.05, 4.69) is 0 Å². The van der Waals surface area contributed by atoms with E-state index in [4.69, 9.17) is 9.84 Å². The monoisotopic (exact) mass is 172 g/mol. The molecule has 0 aromatic carbocycles. The fraction of sp³-hybridized carbons (Fsp3) is 0.750. The third kappa shape index (κ3) is 2.90. The number of carbonyl (C=O) groups excluding carboxylic acids is 1. The van der Waals surface area contributed by atoms with E-state index in [1.807, 2.05) is 0 Å². The molecule has 4 heteroatoms. The lowest BCUT2D eigenvalue weighted by molar-refractivity contribution is -0.152. The van der Waals surface area contributed by atoms with E-state index < -0.39 is 18.4 Å². The molecular formula is C8H12O4. The third-order valence-electron chi connectivity index (χ3n) is 2.00. The molecule has 1 aliphatic carbocycles. The highest BCUT2D eigenvalue weighted by atomic mass is 16.5. The van der Waals surface area contributed by atoms with E-state index in [-0.39, 0.29) is 0 Å². The molecule has 1 saturated carbocycles.